The van der Waals surface area contributed by atoms with Crippen LogP contribution in [0.25, 0.3) is 5.69 Å². The summed E-state index contributed by atoms with van der Waals surface area (Å²) in [6, 6.07) is 9.97. The Kier molecular flexibility index (Phi) is 2.06. The van der Waals surface area contributed by atoms with E-state index in [0.717, 1.165) is 11.4 Å². The van der Waals surface area contributed by atoms with Crippen molar-refractivity contribution in [1.82, 2.24) is 9.30 Å². The van der Waals surface area contributed by atoms with E-state index in [0.29, 0.717) is 0 Å². The second-order valence-electron chi connectivity index (χ2n) is 2.82. The van der Waals surface area contributed by atoms with Gasteiger partial charge in [-0.3, -0.25) is 0 Å². The van der Waals surface area contributed by atoms with Crippen molar-refractivity contribution in [1.29, 1.82) is 0 Å². The monoisotopic (exact) mass is 192 g/mol. The van der Waals surface area contributed by atoms with Crippen LogP contribution in [0, 0.1) is 6.92 Å². The van der Waals surface area contributed by atoms with Crippen molar-refractivity contribution < 1.29 is 4.68 Å². The van der Waals surface area contributed by atoms with Crippen LogP contribution in [0.3, 0.4) is 0 Å². The van der Waals surface area contributed by atoms with Gasteiger partial charge in [-0.25, -0.2) is 0 Å². The molecule has 0 aliphatic rings. The van der Waals surface area contributed by atoms with Gasteiger partial charge in [-0.05, 0) is 12.1 Å². The van der Waals surface area contributed by atoms with E-state index >= 15 is 0 Å². The molecule has 0 saturated carbocycles. The van der Waals surface area contributed by atoms with Gasteiger partial charge in [0.2, 0.25) is 5.69 Å². The molecule has 1 aromatic heterocycles. The average Bonchev–Trinajstić information content (AvgIpc) is 2.47. The Morgan fingerprint density at radius 2 is 2.00 bits per heavy atom. The van der Waals surface area contributed by atoms with Crippen LogP contribution in [0.15, 0.2) is 36.5 Å². The molecule has 0 spiro atoms. The molecule has 3 nitrogen and oxygen atoms in total. The molecular weight excluding hydrogens is 182 g/mol. The lowest BCUT2D eigenvalue weighted by Crippen LogP contribution is -2.36. The molecule has 0 radical (unpaired) electrons. The Morgan fingerprint density at radius 1 is 1.31 bits per heavy atom. The summed E-state index contributed by atoms with van der Waals surface area (Å²) in [5, 5.41) is 4.13. The summed E-state index contributed by atoms with van der Waals surface area (Å²) in [6.07, 6.45) is 1.93. The SMILES string of the molecule is Cc1c[n+](-c2ccccc2)n(S)n1. The van der Waals surface area contributed by atoms with Gasteiger partial charge in [-0.1, -0.05) is 18.2 Å². The van der Waals surface area contributed by atoms with Crippen molar-refractivity contribution in [3.05, 3.63) is 42.2 Å². The minimum atomic E-state index is 0.943. The molecule has 2 rings (SSSR count). The smallest absolute Gasteiger partial charge is 0.114 e. The molecular formula is C9H10N3S+. The maximum atomic E-state index is 4.20. The minimum Gasteiger partial charge on any atom is -0.114 e. The molecule has 66 valence electrons. The van der Waals surface area contributed by atoms with E-state index in [1.54, 1.807) is 0 Å². The zero-order chi connectivity index (χ0) is 9.26. The van der Waals surface area contributed by atoms with E-state index in [1.165, 1.54) is 4.20 Å². The van der Waals surface area contributed by atoms with Gasteiger partial charge in [0.25, 0.3) is 0 Å². The molecule has 0 bridgehead atoms. The number of aromatic nitrogens is 3. The normalized spacial score (nSPS) is 10.3. The van der Waals surface area contributed by atoms with Gasteiger partial charge in [-0.15, -0.1) is 4.68 Å². The zero-order valence-electron chi connectivity index (χ0n) is 7.25. The summed E-state index contributed by atoms with van der Waals surface area (Å²) in [5.41, 5.74) is 2.00. The number of thiol groups is 1. The van der Waals surface area contributed by atoms with Gasteiger partial charge in [0.1, 0.15) is 0 Å². The molecule has 13 heavy (non-hydrogen) atoms. The van der Waals surface area contributed by atoms with Crippen LogP contribution >= 0.6 is 12.8 Å². The lowest BCUT2D eigenvalue weighted by molar-refractivity contribution is -0.669. The fourth-order valence-electron chi connectivity index (χ4n) is 1.20. The van der Waals surface area contributed by atoms with Gasteiger partial charge in [0, 0.05) is 23.9 Å². The van der Waals surface area contributed by atoms with Crippen LogP contribution in [0.2, 0.25) is 0 Å². The fourth-order valence-corrected chi connectivity index (χ4v) is 1.50. The van der Waals surface area contributed by atoms with Gasteiger partial charge < -0.3 is 0 Å². The fraction of sp³-hybridized carbons (Fsp3) is 0.111. The Labute approximate surface area is 82.1 Å². The predicted molar refractivity (Wildman–Crippen MR) is 52.9 cm³/mol. The first-order valence-corrected chi connectivity index (χ1v) is 4.40. The van der Waals surface area contributed by atoms with Crippen LogP contribution < -0.4 is 4.68 Å². The van der Waals surface area contributed by atoms with Crippen molar-refractivity contribution in [2.24, 2.45) is 0 Å². The topological polar surface area (TPSA) is 21.7 Å². The Bertz CT molecular complexity index is 408. The first kappa shape index (κ1) is 8.31. The largest absolute Gasteiger partial charge is 0.217 e. The zero-order valence-corrected chi connectivity index (χ0v) is 8.15. The Morgan fingerprint density at radius 3 is 2.54 bits per heavy atom. The highest BCUT2D eigenvalue weighted by Crippen LogP contribution is 1.98. The molecule has 4 heteroatoms. The van der Waals surface area contributed by atoms with Crippen molar-refractivity contribution in [2.45, 2.75) is 6.92 Å². The van der Waals surface area contributed by atoms with Crippen LogP contribution in [-0.2, 0) is 0 Å². The molecule has 1 aromatic carbocycles. The first-order chi connectivity index (χ1) is 6.27. The van der Waals surface area contributed by atoms with Crippen molar-refractivity contribution in [2.75, 3.05) is 0 Å². The van der Waals surface area contributed by atoms with Crippen molar-refractivity contribution >= 4 is 12.8 Å². The van der Waals surface area contributed by atoms with E-state index in [4.69, 9.17) is 0 Å². The van der Waals surface area contributed by atoms with Gasteiger partial charge in [0.15, 0.2) is 11.9 Å². The maximum absolute atomic E-state index is 4.20. The number of hydrogen-bond acceptors (Lipinski definition) is 2. The lowest BCUT2D eigenvalue weighted by atomic mass is 10.3. The summed E-state index contributed by atoms with van der Waals surface area (Å²) >= 11 is 4.20. The van der Waals surface area contributed by atoms with Crippen LogP contribution in [0.5, 0.6) is 0 Å². The molecule has 0 fully saturated rings. The third-order valence-corrected chi connectivity index (χ3v) is 2.05. The summed E-state index contributed by atoms with van der Waals surface area (Å²) in [4.78, 5) is 0. The highest BCUT2D eigenvalue weighted by atomic mass is 32.1. The van der Waals surface area contributed by atoms with Crippen LogP contribution in [-0.4, -0.2) is 9.30 Å². The Balaban J connectivity index is 2.53. The number of aryl methyl sites for hydroxylation is 1. The van der Waals surface area contributed by atoms with Crippen LogP contribution in [0.1, 0.15) is 5.69 Å². The standard InChI is InChI=1S/C9H10N3S/c1-8-7-11(12(13)10-8)9-5-3-2-4-6-9/h2-7H,1H3,(H,10,13)/q+1. The average molecular weight is 192 g/mol. The second-order valence-corrected chi connectivity index (χ2v) is 3.18. The molecule has 0 aliphatic carbocycles. The van der Waals surface area contributed by atoms with Gasteiger partial charge >= 0.3 is 0 Å². The third-order valence-electron chi connectivity index (χ3n) is 1.77. The summed E-state index contributed by atoms with van der Waals surface area (Å²) in [7, 11) is 0. The molecule has 0 aliphatic heterocycles. The second kappa shape index (κ2) is 3.22. The lowest BCUT2D eigenvalue weighted by Gasteiger charge is -1.94. The molecule has 2 aromatic rings. The highest BCUT2D eigenvalue weighted by molar-refractivity contribution is 7.78. The van der Waals surface area contributed by atoms with Gasteiger partial charge in [-0.2, -0.15) is 0 Å². The molecule has 0 atom stereocenters. The third kappa shape index (κ3) is 1.58. The minimum absolute atomic E-state index is 0.943. The molecule has 0 N–H and O–H groups in total. The van der Waals surface area contributed by atoms with E-state index in [1.807, 2.05) is 48.1 Å². The first-order valence-electron chi connectivity index (χ1n) is 4.00. The number of benzene rings is 1. The molecule has 0 saturated heterocycles. The summed E-state index contributed by atoms with van der Waals surface area (Å²) in [5.74, 6) is 0. The van der Waals surface area contributed by atoms with E-state index in [9.17, 15) is 0 Å². The van der Waals surface area contributed by atoms with Crippen LogP contribution in [0.4, 0.5) is 0 Å². The number of nitrogens with zero attached hydrogens (tertiary/aromatic N) is 3. The molecule has 1 heterocycles. The number of hydrogen-bond donors (Lipinski definition) is 1. The number of para-hydroxylation sites is 1. The quantitative estimate of drug-likeness (QED) is 0.531. The van der Waals surface area contributed by atoms with Gasteiger partial charge in [0.05, 0.1) is 5.10 Å². The van der Waals surface area contributed by atoms with E-state index in [-0.39, 0.29) is 0 Å². The molecule has 0 unspecified atom stereocenters. The van der Waals surface area contributed by atoms with E-state index < -0.39 is 0 Å². The predicted octanol–water partition coefficient (Wildman–Crippen LogP) is 1.16. The highest BCUT2D eigenvalue weighted by Gasteiger charge is 2.11. The Hall–Kier alpha value is -1.29. The number of rotatable bonds is 1. The summed E-state index contributed by atoms with van der Waals surface area (Å²) < 4.78 is 3.39. The maximum Gasteiger partial charge on any atom is 0.217 e. The summed E-state index contributed by atoms with van der Waals surface area (Å²) in [6.45, 7) is 1.94. The van der Waals surface area contributed by atoms with Crippen molar-refractivity contribution in [3.8, 4) is 5.69 Å². The van der Waals surface area contributed by atoms with Crippen molar-refractivity contribution in [3.63, 3.8) is 0 Å². The van der Waals surface area contributed by atoms with E-state index in [2.05, 4.69) is 17.9 Å². The molecule has 0 amide bonds.